The lowest BCUT2D eigenvalue weighted by atomic mass is 9.92. The second-order valence-corrected chi connectivity index (χ2v) is 6.35. The zero-order chi connectivity index (χ0) is 15.4. The van der Waals surface area contributed by atoms with Crippen LogP contribution in [0.2, 0.25) is 0 Å². The molecule has 0 bridgehead atoms. The minimum absolute atomic E-state index is 0.728. The highest BCUT2D eigenvalue weighted by Crippen LogP contribution is 2.54. The van der Waals surface area contributed by atoms with Crippen molar-refractivity contribution < 1.29 is 4.74 Å². The molecule has 0 saturated heterocycles. The molecule has 1 aromatic carbocycles. The lowest BCUT2D eigenvalue weighted by Crippen LogP contribution is -1.98. The van der Waals surface area contributed by atoms with Gasteiger partial charge in [-0.05, 0) is 59.8 Å². The first-order valence-electron chi connectivity index (χ1n) is 8.54. The van der Waals surface area contributed by atoms with Crippen molar-refractivity contribution in [3.8, 4) is 0 Å². The first-order valence-corrected chi connectivity index (χ1v) is 8.54. The van der Waals surface area contributed by atoms with Crippen LogP contribution in [0.1, 0.15) is 37.3 Å². The van der Waals surface area contributed by atoms with Crippen LogP contribution in [0.3, 0.4) is 0 Å². The van der Waals surface area contributed by atoms with Crippen molar-refractivity contribution in [1.29, 1.82) is 0 Å². The van der Waals surface area contributed by atoms with E-state index < -0.39 is 0 Å². The zero-order valence-corrected chi connectivity index (χ0v) is 13.6. The van der Waals surface area contributed by atoms with Gasteiger partial charge in [-0.15, -0.1) is 0 Å². The molecular weight excluding hydrogens is 268 g/mol. The van der Waals surface area contributed by atoms with E-state index in [1.54, 1.807) is 0 Å². The summed E-state index contributed by atoms with van der Waals surface area (Å²) in [7, 11) is 0. The zero-order valence-electron chi connectivity index (χ0n) is 13.6. The van der Waals surface area contributed by atoms with Gasteiger partial charge in [0, 0.05) is 13.2 Å². The van der Waals surface area contributed by atoms with E-state index in [1.807, 2.05) is 6.08 Å². The maximum atomic E-state index is 5.54. The Labute approximate surface area is 134 Å². The van der Waals surface area contributed by atoms with Crippen molar-refractivity contribution in [2.75, 3.05) is 13.2 Å². The Morgan fingerprint density at radius 3 is 2.68 bits per heavy atom. The lowest BCUT2D eigenvalue weighted by Gasteiger charge is -2.13. The Morgan fingerprint density at radius 2 is 1.95 bits per heavy atom. The quantitative estimate of drug-likeness (QED) is 0.599. The summed E-state index contributed by atoms with van der Waals surface area (Å²) in [4.78, 5) is 0. The molecule has 0 amide bonds. The third-order valence-corrected chi connectivity index (χ3v) is 4.70. The minimum atomic E-state index is 0.728. The normalized spacial score (nSPS) is 22.6. The lowest BCUT2D eigenvalue weighted by molar-refractivity contribution is 0.132. The van der Waals surface area contributed by atoms with Gasteiger partial charge in [0.15, 0.2) is 0 Å². The first kappa shape index (κ1) is 15.3. The summed E-state index contributed by atoms with van der Waals surface area (Å²) in [6.07, 6.45) is 11.2. The molecule has 2 atom stereocenters. The molecule has 1 nitrogen and oxygen atoms in total. The number of benzene rings is 1. The maximum Gasteiger partial charge on any atom is 0.0469 e. The van der Waals surface area contributed by atoms with Crippen LogP contribution >= 0.6 is 0 Å². The van der Waals surface area contributed by atoms with Gasteiger partial charge >= 0.3 is 0 Å². The second kappa shape index (κ2) is 7.11. The van der Waals surface area contributed by atoms with E-state index in [2.05, 4.69) is 49.9 Å². The van der Waals surface area contributed by atoms with Gasteiger partial charge < -0.3 is 4.74 Å². The van der Waals surface area contributed by atoms with Crippen LogP contribution in [0, 0.1) is 11.8 Å². The molecule has 1 heteroatoms. The molecule has 2 unspecified atom stereocenters. The number of rotatable bonds is 8. The third kappa shape index (κ3) is 3.41. The topological polar surface area (TPSA) is 9.23 Å². The molecule has 0 aromatic heterocycles. The third-order valence-electron chi connectivity index (χ3n) is 4.70. The van der Waals surface area contributed by atoms with E-state index in [1.165, 1.54) is 28.7 Å². The highest BCUT2D eigenvalue weighted by molar-refractivity contribution is 5.74. The van der Waals surface area contributed by atoms with Gasteiger partial charge in [0.25, 0.3) is 0 Å². The van der Waals surface area contributed by atoms with Gasteiger partial charge in [-0.3, -0.25) is 0 Å². The van der Waals surface area contributed by atoms with E-state index in [0.29, 0.717) is 0 Å². The molecule has 0 aliphatic heterocycles. The summed E-state index contributed by atoms with van der Waals surface area (Å²) < 4.78 is 5.54. The fourth-order valence-electron chi connectivity index (χ4n) is 3.36. The van der Waals surface area contributed by atoms with Gasteiger partial charge in [-0.2, -0.15) is 0 Å². The number of hydrogen-bond acceptors (Lipinski definition) is 1. The molecule has 1 aromatic rings. The van der Waals surface area contributed by atoms with Gasteiger partial charge in [-0.1, -0.05) is 56.0 Å². The highest BCUT2D eigenvalue weighted by Gasteiger charge is 2.43. The Balaban J connectivity index is 1.57. The van der Waals surface area contributed by atoms with Crippen LogP contribution in [0.25, 0.3) is 5.57 Å². The molecule has 1 saturated carbocycles. The molecule has 0 radical (unpaired) electrons. The largest absolute Gasteiger partial charge is 0.381 e. The van der Waals surface area contributed by atoms with Crippen molar-refractivity contribution in [1.82, 2.24) is 0 Å². The number of hydrogen-bond donors (Lipinski definition) is 0. The average Bonchev–Trinajstić information content (AvgIpc) is 3.35. The smallest absolute Gasteiger partial charge is 0.0469 e. The predicted molar refractivity (Wildman–Crippen MR) is 93.7 cm³/mol. The molecule has 2 aliphatic carbocycles. The molecular formula is C21H26O. The van der Waals surface area contributed by atoms with Gasteiger partial charge in [0.1, 0.15) is 0 Å². The molecule has 1 fully saturated rings. The molecule has 0 heterocycles. The molecule has 2 aliphatic rings. The van der Waals surface area contributed by atoms with Crippen LogP contribution < -0.4 is 0 Å². The minimum Gasteiger partial charge on any atom is -0.381 e. The molecule has 0 spiro atoms. The predicted octanol–water partition coefficient (Wildman–Crippen LogP) is 5.19. The molecule has 3 rings (SSSR count). The van der Waals surface area contributed by atoms with Gasteiger partial charge in [0.05, 0.1) is 0 Å². The fourth-order valence-corrected chi connectivity index (χ4v) is 3.36. The number of allylic oxidation sites excluding steroid dienone is 5. The monoisotopic (exact) mass is 294 g/mol. The van der Waals surface area contributed by atoms with Gasteiger partial charge in [0.2, 0.25) is 0 Å². The summed E-state index contributed by atoms with van der Waals surface area (Å²) >= 11 is 0. The van der Waals surface area contributed by atoms with Crippen LogP contribution in [0.5, 0.6) is 0 Å². The van der Waals surface area contributed by atoms with Crippen LogP contribution in [-0.4, -0.2) is 13.2 Å². The number of ether oxygens (including phenoxy) is 1. The summed E-state index contributed by atoms with van der Waals surface area (Å²) in [5.41, 5.74) is 5.72. The Hall–Kier alpha value is -1.60. The highest BCUT2D eigenvalue weighted by atomic mass is 16.5. The van der Waals surface area contributed by atoms with Crippen LogP contribution in [0.15, 0.2) is 54.6 Å². The number of aryl methyl sites for hydroxylation is 1. The Kier molecular flexibility index (Phi) is 4.94. The fraction of sp³-hybridized carbons (Fsp3) is 0.429. The van der Waals surface area contributed by atoms with Crippen LogP contribution in [-0.2, 0) is 11.2 Å². The molecule has 116 valence electrons. The van der Waals surface area contributed by atoms with E-state index in [4.69, 9.17) is 4.74 Å². The Morgan fingerprint density at radius 1 is 1.14 bits per heavy atom. The van der Waals surface area contributed by atoms with E-state index in [-0.39, 0.29) is 0 Å². The SMILES string of the molecule is C=CC1=CC=C(c2ccc(CCCOCCC)cc2)C2CC12. The number of fused-ring (bicyclic) bond motifs is 1. The summed E-state index contributed by atoms with van der Waals surface area (Å²) in [6, 6.07) is 9.13. The van der Waals surface area contributed by atoms with Gasteiger partial charge in [-0.25, -0.2) is 0 Å². The van der Waals surface area contributed by atoms with Crippen molar-refractivity contribution in [2.24, 2.45) is 11.8 Å². The van der Waals surface area contributed by atoms with Crippen molar-refractivity contribution in [3.63, 3.8) is 0 Å². The average molecular weight is 294 g/mol. The van der Waals surface area contributed by atoms with E-state index in [9.17, 15) is 0 Å². The Bertz CT molecular complexity index is 576. The van der Waals surface area contributed by atoms with Crippen molar-refractivity contribution >= 4 is 5.57 Å². The molecule has 0 N–H and O–H groups in total. The summed E-state index contributed by atoms with van der Waals surface area (Å²) in [6.45, 7) is 7.82. The van der Waals surface area contributed by atoms with Crippen molar-refractivity contribution in [2.45, 2.75) is 32.6 Å². The van der Waals surface area contributed by atoms with Crippen molar-refractivity contribution in [3.05, 3.63) is 65.8 Å². The maximum absolute atomic E-state index is 5.54. The second-order valence-electron chi connectivity index (χ2n) is 6.35. The first-order chi connectivity index (χ1) is 10.8. The summed E-state index contributed by atoms with van der Waals surface area (Å²) in [5, 5.41) is 0. The van der Waals surface area contributed by atoms with Crippen LogP contribution in [0.4, 0.5) is 0 Å². The van der Waals surface area contributed by atoms with E-state index in [0.717, 1.165) is 44.3 Å². The molecule has 22 heavy (non-hydrogen) atoms. The standard InChI is InChI=1S/C21H26O/c1-3-13-22-14-5-6-16-7-9-18(10-8-16)19-12-11-17(4-2)20-15-21(19)20/h4,7-12,20-21H,2-3,5-6,13-15H2,1H3. The van der Waals surface area contributed by atoms with E-state index >= 15 is 0 Å². The summed E-state index contributed by atoms with van der Waals surface area (Å²) in [5.74, 6) is 1.46.